The average Bonchev–Trinajstić information content (AvgIpc) is 2.66. The molecule has 0 bridgehead atoms. The zero-order chi connectivity index (χ0) is 19.1. The maximum Gasteiger partial charge on any atom is 0.126 e. The molecule has 2 rings (SSSR count). The molecule has 0 heterocycles. The third-order valence-corrected chi connectivity index (χ3v) is 5.47. The standard InChI is InChI=1S/C23H34O3/c1-6-7-8-9-17-13-21(25-4)23(22(14-17)26-5)20-12-18(15-24)10-11-19(20)16(2)3/h12-14,19-20,24H,2,6-11,15H2,1,3-5H3/t19-,20?/m0/s1. The smallest absolute Gasteiger partial charge is 0.126 e. The van der Waals surface area contributed by atoms with E-state index in [1.54, 1.807) is 14.2 Å². The zero-order valence-electron chi connectivity index (χ0n) is 16.8. The molecule has 0 fully saturated rings. The van der Waals surface area contributed by atoms with Gasteiger partial charge in [0.2, 0.25) is 0 Å². The molecule has 0 aromatic heterocycles. The van der Waals surface area contributed by atoms with E-state index in [-0.39, 0.29) is 12.5 Å². The van der Waals surface area contributed by atoms with Crippen LogP contribution in [0.25, 0.3) is 0 Å². The second-order valence-corrected chi connectivity index (χ2v) is 7.37. The highest BCUT2D eigenvalue weighted by molar-refractivity contribution is 5.53. The summed E-state index contributed by atoms with van der Waals surface area (Å²) in [5.74, 6) is 2.21. The summed E-state index contributed by atoms with van der Waals surface area (Å²) in [7, 11) is 3.45. The van der Waals surface area contributed by atoms with Gasteiger partial charge in [-0.3, -0.25) is 0 Å². The molecule has 1 N–H and O–H groups in total. The summed E-state index contributed by atoms with van der Waals surface area (Å²) in [6, 6.07) is 4.31. The van der Waals surface area contributed by atoms with Crippen molar-refractivity contribution in [1.82, 2.24) is 0 Å². The maximum absolute atomic E-state index is 9.64. The molecule has 144 valence electrons. The van der Waals surface area contributed by atoms with Crippen LogP contribution in [0, 0.1) is 5.92 Å². The Morgan fingerprint density at radius 2 is 1.85 bits per heavy atom. The van der Waals surface area contributed by atoms with Gasteiger partial charge >= 0.3 is 0 Å². The topological polar surface area (TPSA) is 38.7 Å². The van der Waals surface area contributed by atoms with E-state index in [4.69, 9.17) is 9.47 Å². The number of hydrogen-bond donors (Lipinski definition) is 1. The number of hydrogen-bond acceptors (Lipinski definition) is 3. The van der Waals surface area contributed by atoms with E-state index in [1.807, 2.05) is 0 Å². The van der Waals surface area contributed by atoms with Gasteiger partial charge in [0.25, 0.3) is 0 Å². The number of ether oxygens (including phenoxy) is 2. The molecule has 0 saturated heterocycles. The quantitative estimate of drug-likeness (QED) is 0.473. The van der Waals surface area contributed by atoms with Crippen LogP contribution in [0.2, 0.25) is 0 Å². The van der Waals surface area contributed by atoms with Gasteiger partial charge < -0.3 is 14.6 Å². The summed E-state index contributed by atoms with van der Waals surface area (Å²) >= 11 is 0. The number of rotatable bonds is 9. The maximum atomic E-state index is 9.64. The Balaban J connectivity index is 2.49. The Bertz CT molecular complexity index is 620. The molecule has 1 aliphatic rings. The molecular weight excluding hydrogens is 324 g/mol. The van der Waals surface area contributed by atoms with E-state index in [0.717, 1.165) is 41.9 Å². The zero-order valence-corrected chi connectivity index (χ0v) is 16.8. The number of benzene rings is 1. The van der Waals surface area contributed by atoms with Gasteiger partial charge in [-0.25, -0.2) is 0 Å². The second-order valence-electron chi connectivity index (χ2n) is 7.37. The molecule has 1 aliphatic carbocycles. The highest BCUT2D eigenvalue weighted by Gasteiger charge is 2.31. The van der Waals surface area contributed by atoms with E-state index in [0.29, 0.717) is 5.92 Å². The number of aliphatic hydroxyl groups excluding tert-OH is 1. The molecule has 3 heteroatoms. The Morgan fingerprint density at radius 1 is 1.19 bits per heavy atom. The molecule has 0 amide bonds. The van der Waals surface area contributed by atoms with E-state index >= 15 is 0 Å². The molecule has 0 saturated carbocycles. The van der Waals surface area contributed by atoms with Crippen LogP contribution in [0.4, 0.5) is 0 Å². The van der Waals surface area contributed by atoms with Crippen molar-refractivity contribution in [2.75, 3.05) is 20.8 Å². The van der Waals surface area contributed by atoms with Crippen LogP contribution in [-0.2, 0) is 6.42 Å². The van der Waals surface area contributed by atoms with E-state index in [1.165, 1.54) is 30.4 Å². The third-order valence-electron chi connectivity index (χ3n) is 5.47. The van der Waals surface area contributed by atoms with Gasteiger partial charge in [-0.05, 0) is 61.8 Å². The lowest BCUT2D eigenvalue weighted by molar-refractivity contribution is 0.313. The lowest BCUT2D eigenvalue weighted by Crippen LogP contribution is -2.19. The Labute approximate surface area is 158 Å². The normalized spacial score (nSPS) is 19.8. The van der Waals surface area contributed by atoms with Gasteiger partial charge in [-0.2, -0.15) is 0 Å². The molecule has 1 aromatic carbocycles. The van der Waals surface area contributed by atoms with Crippen molar-refractivity contribution in [1.29, 1.82) is 0 Å². The van der Waals surface area contributed by atoms with Crippen molar-refractivity contribution in [2.24, 2.45) is 5.92 Å². The fraction of sp³-hybridized carbons (Fsp3) is 0.565. The van der Waals surface area contributed by atoms with Gasteiger partial charge in [0.05, 0.1) is 20.8 Å². The highest BCUT2D eigenvalue weighted by atomic mass is 16.5. The summed E-state index contributed by atoms with van der Waals surface area (Å²) < 4.78 is 11.6. The van der Waals surface area contributed by atoms with E-state index in [2.05, 4.69) is 38.6 Å². The monoisotopic (exact) mass is 358 g/mol. The summed E-state index contributed by atoms with van der Waals surface area (Å²) in [5, 5.41) is 9.64. The van der Waals surface area contributed by atoms with Crippen molar-refractivity contribution >= 4 is 0 Å². The van der Waals surface area contributed by atoms with Crippen molar-refractivity contribution in [3.8, 4) is 11.5 Å². The van der Waals surface area contributed by atoms with Crippen LogP contribution < -0.4 is 9.47 Å². The first-order valence-corrected chi connectivity index (χ1v) is 9.76. The summed E-state index contributed by atoms with van der Waals surface area (Å²) in [5.41, 5.74) is 4.58. The van der Waals surface area contributed by atoms with Crippen molar-refractivity contribution < 1.29 is 14.6 Å². The first-order valence-electron chi connectivity index (χ1n) is 9.76. The Kier molecular flexibility index (Phi) is 7.77. The second kappa shape index (κ2) is 9.82. The number of aryl methyl sites for hydroxylation is 1. The third kappa shape index (κ3) is 4.70. The number of allylic oxidation sites excluding steroid dienone is 2. The average molecular weight is 359 g/mol. The Morgan fingerprint density at radius 3 is 2.35 bits per heavy atom. The van der Waals surface area contributed by atoms with Crippen LogP contribution in [0.3, 0.4) is 0 Å². The minimum atomic E-state index is 0.110. The molecule has 1 unspecified atom stereocenters. The van der Waals surface area contributed by atoms with Gasteiger partial charge in [0.1, 0.15) is 11.5 Å². The van der Waals surface area contributed by atoms with E-state index in [9.17, 15) is 5.11 Å². The van der Waals surface area contributed by atoms with Crippen LogP contribution in [-0.4, -0.2) is 25.9 Å². The molecule has 3 nitrogen and oxygen atoms in total. The minimum absolute atomic E-state index is 0.110. The lowest BCUT2D eigenvalue weighted by atomic mass is 9.73. The summed E-state index contributed by atoms with van der Waals surface area (Å²) in [6.07, 6.45) is 8.77. The van der Waals surface area contributed by atoms with E-state index < -0.39 is 0 Å². The number of aliphatic hydroxyl groups is 1. The SMILES string of the molecule is C=C(C)[C@@H]1CCC(CO)=CC1c1c(OC)cc(CCCCC)cc1OC. The molecule has 26 heavy (non-hydrogen) atoms. The van der Waals surface area contributed by atoms with Gasteiger partial charge in [-0.15, -0.1) is 0 Å². The molecule has 1 aromatic rings. The van der Waals surface area contributed by atoms with Crippen molar-refractivity contribution in [3.63, 3.8) is 0 Å². The molecule has 0 radical (unpaired) electrons. The number of unbranched alkanes of at least 4 members (excludes halogenated alkanes) is 2. The number of methoxy groups -OCH3 is 2. The van der Waals surface area contributed by atoms with Crippen molar-refractivity contribution in [2.45, 2.75) is 58.3 Å². The van der Waals surface area contributed by atoms with Gasteiger partial charge in [0.15, 0.2) is 0 Å². The van der Waals surface area contributed by atoms with Crippen LogP contribution in [0.1, 0.15) is 63.0 Å². The van der Waals surface area contributed by atoms with Crippen LogP contribution in [0.15, 0.2) is 35.9 Å². The lowest BCUT2D eigenvalue weighted by Gasteiger charge is -2.33. The minimum Gasteiger partial charge on any atom is -0.496 e. The molecule has 2 atom stereocenters. The molecular formula is C23H34O3. The predicted molar refractivity (Wildman–Crippen MR) is 108 cm³/mol. The van der Waals surface area contributed by atoms with Gasteiger partial charge in [0, 0.05) is 11.5 Å². The Hall–Kier alpha value is -1.74. The van der Waals surface area contributed by atoms with Crippen LogP contribution >= 0.6 is 0 Å². The van der Waals surface area contributed by atoms with Crippen LogP contribution in [0.5, 0.6) is 11.5 Å². The fourth-order valence-electron chi connectivity index (χ4n) is 3.99. The summed E-state index contributed by atoms with van der Waals surface area (Å²) in [4.78, 5) is 0. The predicted octanol–water partition coefficient (Wildman–Crippen LogP) is 5.42. The first-order chi connectivity index (χ1) is 12.5. The fourth-order valence-corrected chi connectivity index (χ4v) is 3.99. The highest BCUT2D eigenvalue weighted by Crippen LogP contribution is 2.47. The molecule has 0 spiro atoms. The van der Waals surface area contributed by atoms with Gasteiger partial charge in [-0.1, -0.05) is 38.0 Å². The van der Waals surface area contributed by atoms with Crippen molar-refractivity contribution in [3.05, 3.63) is 47.1 Å². The molecule has 0 aliphatic heterocycles. The first kappa shape index (κ1) is 20.6. The largest absolute Gasteiger partial charge is 0.496 e. The summed E-state index contributed by atoms with van der Waals surface area (Å²) in [6.45, 7) is 8.63.